The van der Waals surface area contributed by atoms with Crippen molar-refractivity contribution < 1.29 is 9.47 Å². The van der Waals surface area contributed by atoms with Crippen molar-refractivity contribution in [2.24, 2.45) is 0 Å². The fraction of sp³-hybridized carbons (Fsp3) is 0.250. The van der Waals surface area contributed by atoms with Gasteiger partial charge in [0.15, 0.2) is 0 Å². The lowest BCUT2D eigenvalue weighted by Crippen LogP contribution is -2.23. The maximum absolute atomic E-state index is 5.91. The molecular weight excluding hydrogens is 318 g/mol. The molecule has 4 heteroatoms. The average molecular weight is 334 g/mol. The normalized spacial score (nSPS) is 16.4. The summed E-state index contributed by atoms with van der Waals surface area (Å²) in [5.74, 6) is 1.83. The molecule has 0 radical (unpaired) electrons. The smallest absolute Gasteiger partial charge is 0.135 e. The molecule has 1 aliphatic heterocycles. The highest BCUT2D eigenvalue weighted by atomic mass is 79.9. The lowest BCUT2D eigenvalue weighted by atomic mass is 10.1. The molecule has 0 aliphatic carbocycles. The molecule has 1 aliphatic rings. The average Bonchev–Trinajstić information content (AvgIpc) is 2.89. The van der Waals surface area contributed by atoms with Crippen molar-refractivity contribution >= 4 is 21.6 Å². The van der Waals surface area contributed by atoms with Gasteiger partial charge in [-0.05, 0) is 39.7 Å². The first-order valence-corrected chi connectivity index (χ1v) is 7.37. The summed E-state index contributed by atoms with van der Waals surface area (Å²) in [6, 6.07) is 14.2. The van der Waals surface area contributed by atoms with Gasteiger partial charge in [0, 0.05) is 18.2 Å². The molecule has 3 nitrogen and oxygen atoms in total. The molecule has 0 fully saturated rings. The standard InChI is InChI=1S/C16H16BrNO2/c1-19-16-9-12(6-7-14(16)17)18-10-13-8-11-4-2-3-5-15(11)20-13/h2-7,9,13,18H,8,10H2,1H3. The topological polar surface area (TPSA) is 30.5 Å². The maximum atomic E-state index is 5.91. The number of hydrogen-bond acceptors (Lipinski definition) is 3. The number of benzene rings is 2. The zero-order valence-corrected chi connectivity index (χ0v) is 12.8. The highest BCUT2D eigenvalue weighted by Crippen LogP contribution is 2.30. The van der Waals surface area contributed by atoms with E-state index in [-0.39, 0.29) is 6.10 Å². The van der Waals surface area contributed by atoms with E-state index in [0.717, 1.165) is 34.6 Å². The molecule has 3 rings (SSSR count). The molecule has 0 saturated carbocycles. The summed E-state index contributed by atoms with van der Waals surface area (Å²) >= 11 is 3.45. The van der Waals surface area contributed by atoms with Crippen molar-refractivity contribution in [3.63, 3.8) is 0 Å². The van der Waals surface area contributed by atoms with E-state index in [2.05, 4.69) is 33.4 Å². The number of anilines is 1. The number of fused-ring (bicyclic) bond motifs is 1. The molecule has 0 aromatic heterocycles. The van der Waals surface area contributed by atoms with Crippen LogP contribution in [0.2, 0.25) is 0 Å². The lowest BCUT2D eigenvalue weighted by molar-refractivity contribution is 0.246. The van der Waals surface area contributed by atoms with E-state index in [0.29, 0.717) is 0 Å². The summed E-state index contributed by atoms with van der Waals surface area (Å²) in [7, 11) is 1.67. The van der Waals surface area contributed by atoms with Gasteiger partial charge in [-0.15, -0.1) is 0 Å². The fourth-order valence-corrected chi connectivity index (χ4v) is 2.78. The number of para-hydroxylation sites is 1. The van der Waals surface area contributed by atoms with E-state index in [9.17, 15) is 0 Å². The molecule has 0 bridgehead atoms. The minimum Gasteiger partial charge on any atom is -0.495 e. The molecular formula is C16H16BrNO2. The molecule has 2 aromatic rings. The molecule has 0 saturated heterocycles. The van der Waals surface area contributed by atoms with Gasteiger partial charge in [-0.1, -0.05) is 18.2 Å². The minimum absolute atomic E-state index is 0.182. The summed E-state index contributed by atoms with van der Waals surface area (Å²) in [4.78, 5) is 0. The Kier molecular flexibility index (Phi) is 3.83. The van der Waals surface area contributed by atoms with Crippen LogP contribution in [0, 0.1) is 0 Å². The van der Waals surface area contributed by atoms with Crippen LogP contribution in [0.5, 0.6) is 11.5 Å². The van der Waals surface area contributed by atoms with E-state index in [1.807, 2.05) is 30.3 Å². The molecule has 1 N–H and O–H groups in total. The first kappa shape index (κ1) is 13.3. The number of rotatable bonds is 4. The number of ether oxygens (including phenoxy) is 2. The Morgan fingerprint density at radius 3 is 2.95 bits per heavy atom. The van der Waals surface area contributed by atoms with Gasteiger partial charge in [-0.25, -0.2) is 0 Å². The predicted molar refractivity (Wildman–Crippen MR) is 83.7 cm³/mol. The zero-order chi connectivity index (χ0) is 13.9. The molecule has 0 amide bonds. The molecule has 1 atom stereocenters. The first-order valence-electron chi connectivity index (χ1n) is 6.58. The number of nitrogens with one attached hydrogen (secondary N) is 1. The number of hydrogen-bond donors (Lipinski definition) is 1. The Bertz CT molecular complexity index is 590. The Morgan fingerprint density at radius 1 is 1.30 bits per heavy atom. The molecule has 104 valence electrons. The Balaban J connectivity index is 1.61. The lowest BCUT2D eigenvalue weighted by Gasteiger charge is -2.14. The molecule has 0 spiro atoms. The van der Waals surface area contributed by atoms with Crippen LogP contribution in [0.3, 0.4) is 0 Å². The fourth-order valence-electron chi connectivity index (χ4n) is 2.37. The first-order chi connectivity index (χ1) is 9.76. The van der Waals surface area contributed by atoms with Crippen molar-refractivity contribution in [2.45, 2.75) is 12.5 Å². The molecule has 2 aromatic carbocycles. The Hall–Kier alpha value is -1.68. The van der Waals surface area contributed by atoms with Gasteiger partial charge in [0.25, 0.3) is 0 Å². The van der Waals surface area contributed by atoms with Crippen molar-refractivity contribution in [3.8, 4) is 11.5 Å². The Morgan fingerprint density at radius 2 is 2.15 bits per heavy atom. The van der Waals surface area contributed by atoms with E-state index in [1.165, 1.54) is 5.56 Å². The van der Waals surface area contributed by atoms with Gasteiger partial charge in [0.05, 0.1) is 18.1 Å². The van der Waals surface area contributed by atoms with E-state index < -0.39 is 0 Å². The van der Waals surface area contributed by atoms with Gasteiger partial charge >= 0.3 is 0 Å². The summed E-state index contributed by atoms with van der Waals surface area (Å²) in [6.45, 7) is 0.777. The highest BCUT2D eigenvalue weighted by molar-refractivity contribution is 9.10. The second-order valence-electron chi connectivity index (χ2n) is 4.78. The van der Waals surface area contributed by atoms with Crippen LogP contribution < -0.4 is 14.8 Å². The van der Waals surface area contributed by atoms with E-state index >= 15 is 0 Å². The van der Waals surface area contributed by atoms with Gasteiger partial charge in [0.2, 0.25) is 0 Å². The van der Waals surface area contributed by atoms with Gasteiger partial charge in [-0.3, -0.25) is 0 Å². The summed E-state index contributed by atoms with van der Waals surface area (Å²) < 4.78 is 12.1. The van der Waals surface area contributed by atoms with Crippen LogP contribution in [-0.2, 0) is 6.42 Å². The zero-order valence-electron chi connectivity index (χ0n) is 11.2. The van der Waals surface area contributed by atoms with Crippen LogP contribution in [0.25, 0.3) is 0 Å². The quantitative estimate of drug-likeness (QED) is 0.921. The summed E-state index contributed by atoms with van der Waals surface area (Å²) in [5.41, 5.74) is 2.32. The third kappa shape index (κ3) is 2.75. The second-order valence-corrected chi connectivity index (χ2v) is 5.64. The van der Waals surface area contributed by atoms with Crippen LogP contribution in [0.15, 0.2) is 46.9 Å². The highest BCUT2D eigenvalue weighted by Gasteiger charge is 2.21. The minimum atomic E-state index is 0.182. The van der Waals surface area contributed by atoms with Gasteiger partial charge in [0.1, 0.15) is 17.6 Å². The van der Waals surface area contributed by atoms with Gasteiger partial charge in [-0.2, -0.15) is 0 Å². The van der Waals surface area contributed by atoms with E-state index in [4.69, 9.17) is 9.47 Å². The van der Waals surface area contributed by atoms with Crippen LogP contribution >= 0.6 is 15.9 Å². The van der Waals surface area contributed by atoms with Crippen molar-refractivity contribution in [1.82, 2.24) is 0 Å². The SMILES string of the molecule is COc1cc(NCC2Cc3ccccc3O2)ccc1Br. The number of halogens is 1. The third-order valence-electron chi connectivity index (χ3n) is 3.40. The van der Waals surface area contributed by atoms with Crippen molar-refractivity contribution in [3.05, 3.63) is 52.5 Å². The Labute approximate surface area is 127 Å². The largest absolute Gasteiger partial charge is 0.495 e. The summed E-state index contributed by atoms with van der Waals surface area (Å²) in [6.07, 6.45) is 1.14. The monoisotopic (exact) mass is 333 g/mol. The molecule has 20 heavy (non-hydrogen) atoms. The van der Waals surface area contributed by atoms with Crippen LogP contribution in [-0.4, -0.2) is 19.8 Å². The number of methoxy groups -OCH3 is 1. The van der Waals surface area contributed by atoms with Crippen LogP contribution in [0.4, 0.5) is 5.69 Å². The van der Waals surface area contributed by atoms with Crippen LogP contribution in [0.1, 0.15) is 5.56 Å². The molecule has 1 unspecified atom stereocenters. The van der Waals surface area contributed by atoms with Gasteiger partial charge < -0.3 is 14.8 Å². The summed E-state index contributed by atoms with van der Waals surface area (Å²) in [5, 5.41) is 3.40. The second kappa shape index (κ2) is 5.75. The molecule has 1 heterocycles. The predicted octanol–water partition coefficient (Wildman–Crippen LogP) is 3.87. The van der Waals surface area contributed by atoms with Crippen molar-refractivity contribution in [2.75, 3.05) is 19.0 Å². The van der Waals surface area contributed by atoms with Crippen molar-refractivity contribution in [1.29, 1.82) is 0 Å². The maximum Gasteiger partial charge on any atom is 0.135 e. The van der Waals surface area contributed by atoms with E-state index in [1.54, 1.807) is 7.11 Å². The third-order valence-corrected chi connectivity index (χ3v) is 4.05.